The summed E-state index contributed by atoms with van der Waals surface area (Å²) in [6.07, 6.45) is 7.01. The van der Waals surface area contributed by atoms with Gasteiger partial charge >= 0.3 is 0 Å². The molecule has 2 amide bonds. The molecule has 2 fully saturated rings. The van der Waals surface area contributed by atoms with Gasteiger partial charge in [-0.2, -0.15) is 0 Å². The first kappa shape index (κ1) is 20.9. The molecule has 0 saturated carbocycles. The molecule has 0 aromatic heterocycles. The van der Waals surface area contributed by atoms with Gasteiger partial charge in [0.1, 0.15) is 12.4 Å². The second-order valence-electron chi connectivity index (χ2n) is 8.94. The van der Waals surface area contributed by atoms with Crippen molar-refractivity contribution in [3.63, 3.8) is 0 Å². The van der Waals surface area contributed by atoms with Crippen molar-refractivity contribution in [2.75, 3.05) is 19.7 Å². The number of nitrogens with zero attached hydrogens (tertiary/aromatic N) is 2. The van der Waals surface area contributed by atoms with Crippen molar-refractivity contribution >= 4 is 17.4 Å². The fourth-order valence-electron chi connectivity index (χ4n) is 5.48. The molecule has 0 spiro atoms. The third-order valence-corrected chi connectivity index (χ3v) is 7.07. The first-order valence-corrected chi connectivity index (χ1v) is 11.3. The molecule has 2 aliphatic heterocycles. The highest BCUT2D eigenvalue weighted by atomic mass is 19.1. The fourth-order valence-corrected chi connectivity index (χ4v) is 5.48. The van der Waals surface area contributed by atoms with Crippen LogP contribution in [0.4, 0.5) is 4.39 Å². The summed E-state index contributed by atoms with van der Waals surface area (Å²) >= 11 is 0. The van der Waals surface area contributed by atoms with Gasteiger partial charge in [-0.15, -0.1) is 0 Å². The summed E-state index contributed by atoms with van der Waals surface area (Å²) in [5.74, 6) is -1.04. The highest BCUT2D eigenvalue weighted by molar-refractivity contribution is 5.97. The first-order chi connectivity index (χ1) is 15.6. The van der Waals surface area contributed by atoms with E-state index in [9.17, 15) is 19.1 Å². The van der Waals surface area contributed by atoms with Gasteiger partial charge in [0.25, 0.3) is 5.91 Å². The van der Waals surface area contributed by atoms with Gasteiger partial charge in [-0.3, -0.25) is 9.59 Å². The van der Waals surface area contributed by atoms with Crippen molar-refractivity contribution in [2.24, 2.45) is 0 Å². The van der Waals surface area contributed by atoms with E-state index in [1.54, 1.807) is 11.0 Å². The predicted molar refractivity (Wildman–Crippen MR) is 119 cm³/mol. The number of benzene rings is 2. The van der Waals surface area contributed by atoms with Crippen LogP contribution >= 0.6 is 0 Å². The zero-order valence-electron chi connectivity index (χ0n) is 17.9. The number of hydrogen-bond donors (Lipinski definition) is 1. The van der Waals surface area contributed by atoms with Crippen molar-refractivity contribution in [1.29, 1.82) is 0 Å². The Morgan fingerprint density at radius 3 is 2.62 bits per heavy atom. The number of aliphatic hydroxyl groups excluding tert-OH is 1. The molecule has 1 N–H and O–H groups in total. The molecule has 0 radical (unpaired) electrons. The summed E-state index contributed by atoms with van der Waals surface area (Å²) in [6.45, 7) is 0.203. The lowest BCUT2D eigenvalue weighted by molar-refractivity contribution is -0.159. The average Bonchev–Trinajstić information content (AvgIpc) is 2.81. The number of halogens is 1. The van der Waals surface area contributed by atoms with Crippen LogP contribution in [0.2, 0.25) is 0 Å². The van der Waals surface area contributed by atoms with Crippen LogP contribution in [0.5, 0.6) is 0 Å². The van der Waals surface area contributed by atoms with E-state index >= 15 is 0 Å². The lowest BCUT2D eigenvalue weighted by Crippen LogP contribution is -2.73. The molecule has 32 heavy (non-hydrogen) atoms. The number of rotatable bonds is 4. The minimum atomic E-state index is -0.476. The van der Waals surface area contributed by atoms with Crippen molar-refractivity contribution in [1.82, 2.24) is 9.80 Å². The van der Waals surface area contributed by atoms with Crippen LogP contribution in [-0.2, 0) is 4.79 Å². The van der Waals surface area contributed by atoms with Gasteiger partial charge in [0.2, 0.25) is 5.91 Å². The summed E-state index contributed by atoms with van der Waals surface area (Å²) in [7, 11) is 0. The van der Waals surface area contributed by atoms with Crippen LogP contribution in [0.3, 0.4) is 0 Å². The largest absolute Gasteiger partial charge is 0.394 e. The summed E-state index contributed by atoms with van der Waals surface area (Å²) in [4.78, 5) is 29.0. The Balaban J connectivity index is 1.37. The third-order valence-electron chi connectivity index (χ3n) is 7.07. The molecular formula is C26H27FN2O3. The maximum Gasteiger partial charge on any atom is 0.254 e. The number of amides is 2. The summed E-state index contributed by atoms with van der Waals surface area (Å²) in [5.41, 5.74) is 3.92. The maximum absolute atomic E-state index is 13.6. The highest BCUT2D eigenvalue weighted by Crippen LogP contribution is 2.43. The van der Waals surface area contributed by atoms with Gasteiger partial charge in [0.15, 0.2) is 0 Å². The number of carbonyl (C=O) groups excluding carboxylic acids is 2. The lowest BCUT2D eigenvalue weighted by atomic mass is 9.73. The summed E-state index contributed by atoms with van der Waals surface area (Å²) in [6, 6.07) is 13.5. The Labute approximate surface area is 187 Å². The van der Waals surface area contributed by atoms with E-state index in [1.165, 1.54) is 47.1 Å². The molecule has 2 aromatic carbocycles. The second kappa shape index (κ2) is 8.51. The van der Waals surface area contributed by atoms with Crippen LogP contribution in [-0.4, -0.2) is 58.5 Å². The van der Waals surface area contributed by atoms with Gasteiger partial charge in [-0.1, -0.05) is 36.4 Å². The van der Waals surface area contributed by atoms with Gasteiger partial charge in [0.05, 0.1) is 18.7 Å². The van der Waals surface area contributed by atoms with E-state index in [0.717, 1.165) is 18.4 Å². The first-order valence-electron chi connectivity index (χ1n) is 11.3. The Hall–Kier alpha value is -2.99. The lowest BCUT2D eigenvalue weighted by Gasteiger charge is -2.58. The van der Waals surface area contributed by atoms with E-state index < -0.39 is 5.82 Å². The smallest absolute Gasteiger partial charge is 0.254 e. The molecule has 3 atom stereocenters. The van der Waals surface area contributed by atoms with Gasteiger partial charge in [-0.05, 0) is 60.6 Å². The fraction of sp³-hybridized carbons (Fsp3) is 0.385. The topological polar surface area (TPSA) is 60.9 Å². The van der Waals surface area contributed by atoms with Crippen LogP contribution in [0, 0.1) is 5.82 Å². The third kappa shape index (κ3) is 3.62. The van der Waals surface area contributed by atoms with Crippen molar-refractivity contribution in [3.05, 3.63) is 77.1 Å². The standard InChI is InChI=1S/C26H27FN2O3/c27-21-8-4-7-20(13-21)26(32)28-14-22-25(23(16-30)29(22)24(31)15-28)19-11-9-18(10-12-19)17-5-2-1-3-6-17/h4-5,7-13,22-23,25,30H,1-3,6,14-16H2/t22-,23-,25+/m0/s1. The molecule has 0 unspecified atom stereocenters. The summed E-state index contributed by atoms with van der Waals surface area (Å²) < 4.78 is 13.6. The number of aliphatic hydroxyl groups is 1. The molecule has 0 bridgehead atoms. The molecule has 6 heteroatoms. The number of fused-ring (bicyclic) bond motifs is 1. The second-order valence-corrected chi connectivity index (χ2v) is 8.94. The minimum absolute atomic E-state index is 0.0403. The molecule has 166 valence electrons. The van der Waals surface area contributed by atoms with E-state index in [-0.39, 0.29) is 48.5 Å². The van der Waals surface area contributed by atoms with Crippen molar-refractivity contribution < 1.29 is 19.1 Å². The molecular weight excluding hydrogens is 407 g/mol. The maximum atomic E-state index is 13.6. The summed E-state index contributed by atoms with van der Waals surface area (Å²) in [5, 5.41) is 9.99. The highest BCUT2D eigenvalue weighted by Gasteiger charge is 2.54. The number of piperazine rings is 1. The van der Waals surface area contributed by atoms with E-state index in [0.29, 0.717) is 6.54 Å². The Bertz CT molecular complexity index is 1060. The quantitative estimate of drug-likeness (QED) is 0.800. The van der Waals surface area contributed by atoms with Crippen LogP contribution in [0.15, 0.2) is 54.6 Å². The monoisotopic (exact) mass is 434 g/mol. The number of carbonyl (C=O) groups is 2. The zero-order chi connectivity index (χ0) is 22.2. The Kier molecular flexibility index (Phi) is 5.55. The molecule has 1 aliphatic carbocycles. The zero-order valence-corrected chi connectivity index (χ0v) is 17.9. The van der Waals surface area contributed by atoms with Crippen LogP contribution in [0.1, 0.15) is 53.1 Å². The predicted octanol–water partition coefficient (Wildman–Crippen LogP) is 3.59. The molecule has 5 rings (SSSR count). The van der Waals surface area contributed by atoms with Crippen molar-refractivity contribution in [2.45, 2.75) is 43.7 Å². The average molecular weight is 435 g/mol. The Morgan fingerprint density at radius 1 is 1.12 bits per heavy atom. The van der Waals surface area contributed by atoms with E-state index in [4.69, 9.17) is 0 Å². The van der Waals surface area contributed by atoms with Gasteiger partial charge in [-0.25, -0.2) is 4.39 Å². The molecule has 3 aliphatic rings. The molecule has 2 aromatic rings. The van der Waals surface area contributed by atoms with Crippen molar-refractivity contribution in [3.8, 4) is 0 Å². The van der Waals surface area contributed by atoms with Gasteiger partial charge < -0.3 is 14.9 Å². The normalized spacial score (nSPS) is 25.1. The minimum Gasteiger partial charge on any atom is -0.394 e. The molecule has 5 nitrogen and oxygen atoms in total. The number of allylic oxidation sites excluding steroid dienone is 2. The Morgan fingerprint density at radius 2 is 1.94 bits per heavy atom. The molecule has 2 heterocycles. The SMILES string of the molecule is O=C(c1cccc(F)c1)N1CC(=O)N2[C@@H](CO)[C@H](c3ccc(C4=CCCCC4)cc3)[C@@H]2C1. The van der Waals surface area contributed by atoms with Crippen LogP contribution in [0.25, 0.3) is 5.57 Å². The van der Waals surface area contributed by atoms with Gasteiger partial charge in [0, 0.05) is 18.0 Å². The molecule has 2 saturated heterocycles. The number of hydrogen-bond acceptors (Lipinski definition) is 3. The van der Waals surface area contributed by atoms with E-state index in [2.05, 4.69) is 30.3 Å². The van der Waals surface area contributed by atoms with E-state index in [1.807, 2.05) is 0 Å². The van der Waals surface area contributed by atoms with Crippen LogP contribution < -0.4 is 0 Å².